The second-order valence-electron chi connectivity index (χ2n) is 4.11. The Morgan fingerprint density at radius 2 is 1.69 bits per heavy atom. The van der Waals surface area contributed by atoms with Crippen LogP contribution in [0.5, 0.6) is 0 Å². The number of hydrogen-bond acceptors (Lipinski definition) is 0. The zero-order valence-electron chi connectivity index (χ0n) is 9.20. The van der Waals surface area contributed by atoms with Gasteiger partial charge in [-0.25, -0.2) is 0 Å². The molecule has 0 saturated heterocycles. The molecule has 0 fully saturated rings. The van der Waals surface area contributed by atoms with Gasteiger partial charge < -0.3 is 4.98 Å². The van der Waals surface area contributed by atoms with Crippen molar-refractivity contribution in [2.75, 3.05) is 0 Å². The van der Waals surface area contributed by atoms with Gasteiger partial charge >= 0.3 is 0 Å². The quantitative estimate of drug-likeness (QED) is 0.617. The molecule has 78 valence electrons. The summed E-state index contributed by atoms with van der Waals surface area (Å²) in [4.78, 5) is 3.30. The third kappa shape index (κ3) is 1.41. The molecule has 1 aromatic heterocycles. The Balaban J connectivity index is 2.25. The highest BCUT2D eigenvalue weighted by Gasteiger charge is 2.03. The monoisotopic (exact) mass is 207 g/mol. The smallest absolute Gasteiger partial charge is 0.0533 e. The predicted octanol–water partition coefficient (Wildman–Crippen LogP) is 4.14. The number of aryl methyl sites for hydroxylation is 1. The highest BCUT2D eigenvalue weighted by Crippen LogP contribution is 2.27. The molecule has 0 amide bonds. The first-order chi connectivity index (χ1) is 7.84. The molecule has 0 aliphatic heterocycles. The summed E-state index contributed by atoms with van der Waals surface area (Å²) < 4.78 is 0. The number of H-pyrrole nitrogens is 1. The van der Waals surface area contributed by atoms with Gasteiger partial charge in [0.2, 0.25) is 0 Å². The van der Waals surface area contributed by atoms with Gasteiger partial charge in [-0.1, -0.05) is 48.0 Å². The largest absolute Gasteiger partial charge is 0.361 e. The van der Waals surface area contributed by atoms with Crippen LogP contribution in [0.4, 0.5) is 0 Å². The number of para-hydroxylation sites is 1. The highest BCUT2D eigenvalue weighted by atomic mass is 14.7. The second kappa shape index (κ2) is 3.53. The van der Waals surface area contributed by atoms with Gasteiger partial charge in [0.25, 0.3) is 0 Å². The minimum absolute atomic E-state index is 1.21. The normalized spacial score (nSPS) is 10.8. The molecule has 1 nitrogen and oxygen atoms in total. The molecule has 0 saturated carbocycles. The fourth-order valence-corrected chi connectivity index (χ4v) is 2.06. The van der Waals surface area contributed by atoms with E-state index >= 15 is 0 Å². The lowest BCUT2D eigenvalue weighted by atomic mass is 10.0. The summed E-state index contributed by atoms with van der Waals surface area (Å²) in [7, 11) is 0. The standard InChI is InChI=1S/C15H13N/c1-11-5-7-12(8-6-11)14-4-2-3-13-9-10-16-15(13)14/h2-10,16H,1H3. The zero-order valence-corrected chi connectivity index (χ0v) is 9.20. The van der Waals surface area contributed by atoms with Crippen LogP contribution in [-0.2, 0) is 0 Å². The van der Waals surface area contributed by atoms with Crippen molar-refractivity contribution in [2.45, 2.75) is 6.92 Å². The number of rotatable bonds is 1. The van der Waals surface area contributed by atoms with Crippen molar-refractivity contribution >= 4 is 10.9 Å². The fourth-order valence-electron chi connectivity index (χ4n) is 2.06. The van der Waals surface area contributed by atoms with Crippen LogP contribution in [-0.4, -0.2) is 4.98 Å². The van der Waals surface area contributed by atoms with Crippen LogP contribution in [0.3, 0.4) is 0 Å². The maximum absolute atomic E-state index is 3.30. The average Bonchev–Trinajstić information content (AvgIpc) is 2.78. The average molecular weight is 207 g/mol. The number of aromatic amines is 1. The molecule has 3 rings (SSSR count). The first-order valence-corrected chi connectivity index (χ1v) is 5.48. The van der Waals surface area contributed by atoms with E-state index in [0.29, 0.717) is 0 Å². The first kappa shape index (κ1) is 9.22. The number of fused-ring (bicyclic) bond motifs is 1. The molecule has 3 aromatic rings. The van der Waals surface area contributed by atoms with Crippen LogP contribution < -0.4 is 0 Å². The minimum Gasteiger partial charge on any atom is -0.361 e. The Labute approximate surface area is 94.7 Å². The van der Waals surface area contributed by atoms with E-state index in [-0.39, 0.29) is 0 Å². The van der Waals surface area contributed by atoms with Crippen molar-refractivity contribution < 1.29 is 0 Å². The summed E-state index contributed by atoms with van der Waals surface area (Å²) in [6, 6.07) is 17.1. The molecule has 0 unspecified atom stereocenters. The molecule has 0 aliphatic rings. The molecular weight excluding hydrogens is 194 g/mol. The summed E-state index contributed by atoms with van der Waals surface area (Å²) in [5.41, 5.74) is 5.04. The SMILES string of the molecule is Cc1ccc(-c2cccc3cc[nH]c23)cc1. The molecule has 0 aliphatic carbocycles. The molecular formula is C15H13N. The van der Waals surface area contributed by atoms with Crippen molar-refractivity contribution in [1.29, 1.82) is 0 Å². The van der Waals surface area contributed by atoms with Crippen molar-refractivity contribution in [2.24, 2.45) is 0 Å². The van der Waals surface area contributed by atoms with Crippen LogP contribution in [0.25, 0.3) is 22.0 Å². The van der Waals surface area contributed by atoms with Crippen molar-refractivity contribution in [3.8, 4) is 11.1 Å². The topological polar surface area (TPSA) is 15.8 Å². The van der Waals surface area contributed by atoms with E-state index in [0.717, 1.165) is 0 Å². The lowest BCUT2D eigenvalue weighted by Gasteiger charge is -2.04. The highest BCUT2D eigenvalue weighted by molar-refractivity contribution is 5.94. The van der Waals surface area contributed by atoms with Gasteiger partial charge in [0.1, 0.15) is 0 Å². The van der Waals surface area contributed by atoms with Gasteiger partial charge in [-0.15, -0.1) is 0 Å². The van der Waals surface area contributed by atoms with E-state index in [1.807, 2.05) is 6.20 Å². The molecule has 0 bridgehead atoms. The maximum atomic E-state index is 3.30. The van der Waals surface area contributed by atoms with Crippen LogP contribution >= 0.6 is 0 Å². The van der Waals surface area contributed by atoms with E-state index in [2.05, 4.69) is 60.4 Å². The van der Waals surface area contributed by atoms with Crippen LogP contribution in [0.1, 0.15) is 5.56 Å². The Hall–Kier alpha value is -2.02. The third-order valence-corrected chi connectivity index (χ3v) is 2.95. The van der Waals surface area contributed by atoms with Crippen molar-refractivity contribution in [3.05, 3.63) is 60.3 Å². The molecule has 2 aromatic carbocycles. The molecule has 0 radical (unpaired) electrons. The molecule has 1 heteroatoms. The van der Waals surface area contributed by atoms with E-state index < -0.39 is 0 Å². The maximum Gasteiger partial charge on any atom is 0.0533 e. The zero-order chi connectivity index (χ0) is 11.0. The van der Waals surface area contributed by atoms with Crippen LogP contribution in [0.2, 0.25) is 0 Å². The Morgan fingerprint density at radius 3 is 2.50 bits per heavy atom. The Bertz CT molecular complexity index is 617. The summed E-state index contributed by atoms with van der Waals surface area (Å²) in [5, 5.41) is 1.26. The molecule has 0 spiro atoms. The predicted molar refractivity (Wildman–Crippen MR) is 68.5 cm³/mol. The summed E-state index contributed by atoms with van der Waals surface area (Å²) >= 11 is 0. The summed E-state index contributed by atoms with van der Waals surface area (Å²) in [5.74, 6) is 0. The van der Waals surface area contributed by atoms with Gasteiger partial charge in [0.15, 0.2) is 0 Å². The molecule has 1 heterocycles. The minimum atomic E-state index is 1.21. The van der Waals surface area contributed by atoms with Gasteiger partial charge in [-0.05, 0) is 23.9 Å². The number of aromatic nitrogens is 1. The van der Waals surface area contributed by atoms with Crippen molar-refractivity contribution in [1.82, 2.24) is 4.98 Å². The summed E-state index contributed by atoms with van der Waals surface area (Å²) in [6.45, 7) is 2.11. The molecule has 0 atom stereocenters. The van der Waals surface area contributed by atoms with E-state index in [1.165, 1.54) is 27.6 Å². The van der Waals surface area contributed by atoms with Gasteiger partial charge in [-0.2, -0.15) is 0 Å². The van der Waals surface area contributed by atoms with E-state index in [4.69, 9.17) is 0 Å². The second-order valence-corrected chi connectivity index (χ2v) is 4.11. The van der Waals surface area contributed by atoms with Crippen molar-refractivity contribution in [3.63, 3.8) is 0 Å². The Kier molecular flexibility index (Phi) is 2.03. The lowest BCUT2D eigenvalue weighted by molar-refractivity contribution is 1.45. The van der Waals surface area contributed by atoms with Crippen LogP contribution in [0, 0.1) is 6.92 Å². The fraction of sp³-hybridized carbons (Fsp3) is 0.0667. The van der Waals surface area contributed by atoms with E-state index in [1.54, 1.807) is 0 Å². The molecule has 1 N–H and O–H groups in total. The number of benzene rings is 2. The third-order valence-electron chi connectivity index (χ3n) is 2.95. The van der Waals surface area contributed by atoms with Gasteiger partial charge in [0, 0.05) is 11.8 Å². The van der Waals surface area contributed by atoms with Gasteiger partial charge in [-0.3, -0.25) is 0 Å². The molecule has 16 heavy (non-hydrogen) atoms. The van der Waals surface area contributed by atoms with E-state index in [9.17, 15) is 0 Å². The number of hydrogen-bond donors (Lipinski definition) is 1. The Morgan fingerprint density at radius 1 is 0.875 bits per heavy atom. The lowest BCUT2D eigenvalue weighted by Crippen LogP contribution is -1.80. The first-order valence-electron chi connectivity index (χ1n) is 5.48. The number of nitrogens with one attached hydrogen (secondary N) is 1. The van der Waals surface area contributed by atoms with Gasteiger partial charge in [0.05, 0.1) is 5.52 Å². The van der Waals surface area contributed by atoms with Crippen LogP contribution in [0.15, 0.2) is 54.7 Å². The summed E-state index contributed by atoms with van der Waals surface area (Å²) in [6.07, 6.45) is 1.99.